The maximum atomic E-state index is 6.05. The van der Waals surface area contributed by atoms with Gasteiger partial charge in [-0.15, -0.1) is 0 Å². The lowest BCUT2D eigenvalue weighted by Crippen LogP contribution is -2.30. The van der Waals surface area contributed by atoms with Crippen LogP contribution in [0.25, 0.3) is 0 Å². The van der Waals surface area contributed by atoms with E-state index in [-0.39, 0.29) is 0 Å². The molecule has 0 aliphatic carbocycles. The second-order valence-corrected chi connectivity index (χ2v) is 6.70. The van der Waals surface area contributed by atoms with E-state index < -0.39 is 0 Å². The highest BCUT2D eigenvalue weighted by Gasteiger charge is 2.08. The number of unbranched alkanes of at least 4 members (excludes halogenated alkanes) is 1. The van der Waals surface area contributed by atoms with Crippen LogP contribution in [0.3, 0.4) is 0 Å². The Balaban J connectivity index is 2.42. The van der Waals surface area contributed by atoms with Crippen LogP contribution in [0.15, 0.2) is 29.4 Å². The topological polar surface area (TPSA) is 43.3 Å². The summed E-state index contributed by atoms with van der Waals surface area (Å²) in [6, 6.07) is 4.09. The van der Waals surface area contributed by atoms with E-state index in [9.17, 15) is 0 Å². The zero-order chi connectivity index (χ0) is 20.1. The minimum atomic E-state index is 0.595. The molecule has 1 aromatic rings. The Kier molecular flexibility index (Phi) is 11.3. The maximum Gasteiger partial charge on any atom is 0.125 e. The van der Waals surface area contributed by atoms with E-state index in [1.807, 2.05) is 38.1 Å². The van der Waals surface area contributed by atoms with Gasteiger partial charge in [-0.05, 0) is 76.9 Å². The van der Waals surface area contributed by atoms with Gasteiger partial charge >= 0.3 is 0 Å². The molecule has 0 saturated carbocycles. The summed E-state index contributed by atoms with van der Waals surface area (Å²) in [7, 11) is 1.59. The van der Waals surface area contributed by atoms with Crippen LogP contribution in [-0.4, -0.2) is 50.6 Å². The quantitative estimate of drug-likeness (QED) is 0.215. The maximum absolute atomic E-state index is 6.05. The van der Waals surface area contributed by atoms with Crippen LogP contribution >= 0.6 is 0 Å². The molecular weight excluding hydrogens is 340 g/mol. The highest BCUT2D eigenvalue weighted by atomic mass is 16.6. The number of rotatable bonds is 13. The third-order valence-corrected chi connectivity index (χ3v) is 4.28. The number of oxime groups is 1. The summed E-state index contributed by atoms with van der Waals surface area (Å²) in [6.07, 6.45) is 6.10. The predicted molar refractivity (Wildman–Crippen MR) is 113 cm³/mol. The lowest BCUT2D eigenvalue weighted by molar-refractivity contribution is 0.209. The average molecular weight is 377 g/mol. The third kappa shape index (κ3) is 8.96. The smallest absolute Gasteiger partial charge is 0.125 e. The number of hydrogen-bond donors (Lipinski definition) is 0. The Hall–Kier alpha value is -2.01. The van der Waals surface area contributed by atoms with Crippen LogP contribution < -0.4 is 9.47 Å². The third-order valence-electron chi connectivity index (χ3n) is 4.28. The number of ether oxygens (including phenoxy) is 2. The van der Waals surface area contributed by atoms with Gasteiger partial charge in [-0.25, -0.2) is 0 Å². The molecule has 0 bridgehead atoms. The number of allylic oxidation sites excluding steroid dienone is 1. The van der Waals surface area contributed by atoms with Crippen molar-refractivity contribution in [3.8, 4) is 11.5 Å². The number of hydrogen-bond acceptors (Lipinski definition) is 5. The first kappa shape index (κ1) is 23.0. The van der Waals surface area contributed by atoms with Gasteiger partial charge in [-0.1, -0.05) is 24.2 Å². The Labute approximate surface area is 165 Å². The van der Waals surface area contributed by atoms with Gasteiger partial charge in [0, 0.05) is 6.54 Å². The summed E-state index contributed by atoms with van der Waals surface area (Å²) >= 11 is 0. The molecule has 0 atom stereocenters. The highest BCUT2D eigenvalue weighted by Crippen LogP contribution is 2.28. The van der Waals surface area contributed by atoms with Gasteiger partial charge < -0.3 is 14.3 Å². The lowest BCUT2D eigenvalue weighted by atomic mass is 10.1. The Morgan fingerprint density at radius 3 is 2.44 bits per heavy atom. The van der Waals surface area contributed by atoms with Crippen molar-refractivity contribution in [2.45, 2.75) is 47.5 Å². The summed E-state index contributed by atoms with van der Waals surface area (Å²) < 4.78 is 11.8. The highest BCUT2D eigenvalue weighted by molar-refractivity contribution is 5.83. The zero-order valence-corrected chi connectivity index (χ0v) is 17.9. The summed E-state index contributed by atoms with van der Waals surface area (Å²) in [5.41, 5.74) is 3.23. The van der Waals surface area contributed by atoms with Crippen LogP contribution in [0.1, 0.15) is 44.7 Å². The summed E-state index contributed by atoms with van der Waals surface area (Å²) in [6.45, 7) is 14.5. The van der Waals surface area contributed by atoms with Crippen molar-refractivity contribution in [2.75, 3.05) is 40.0 Å². The van der Waals surface area contributed by atoms with E-state index in [4.69, 9.17) is 14.3 Å². The van der Waals surface area contributed by atoms with Gasteiger partial charge in [-0.2, -0.15) is 0 Å². The van der Waals surface area contributed by atoms with Crippen LogP contribution in [0.2, 0.25) is 0 Å². The first-order valence-electron chi connectivity index (χ1n) is 9.78. The summed E-state index contributed by atoms with van der Waals surface area (Å²) in [5, 5.41) is 3.98. The average Bonchev–Trinajstić information content (AvgIpc) is 2.62. The van der Waals surface area contributed by atoms with Gasteiger partial charge in [0.25, 0.3) is 0 Å². The fourth-order valence-electron chi connectivity index (χ4n) is 2.93. The van der Waals surface area contributed by atoms with Crippen molar-refractivity contribution in [1.82, 2.24) is 4.90 Å². The molecule has 152 valence electrons. The van der Waals surface area contributed by atoms with E-state index in [1.54, 1.807) is 7.11 Å². The minimum absolute atomic E-state index is 0.595. The predicted octanol–water partition coefficient (Wildman–Crippen LogP) is 4.76. The van der Waals surface area contributed by atoms with E-state index in [0.717, 1.165) is 67.4 Å². The molecule has 5 nitrogen and oxygen atoms in total. The van der Waals surface area contributed by atoms with Gasteiger partial charge in [0.05, 0.1) is 12.3 Å². The Morgan fingerprint density at radius 1 is 1.15 bits per heavy atom. The molecule has 5 heteroatoms. The lowest BCUT2D eigenvalue weighted by Gasteiger charge is -2.20. The molecule has 0 saturated heterocycles. The molecule has 0 fully saturated rings. The van der Waals surface area contributed by atoms with Crippen molar-refractivity contribution in [2.24, 2.45) is 5.16 Å². The monoisotopic (exact) mass is 376 g/mol. The largest absolute Gasteiger partial charge is 0.493 e. The molecule has 0 aromatic heterocycles. The fourth-order valence-corrected chi connectivity index (χ4v) is 2.93. The molecule has 0 aliphatic heterocycles. The molecule has 0 heterocycles. The van der Waals surface area contributed by atoms with Gasteiger partial charge in [0.2, 0.25) is 0 Å². The number of benzene rings is 1. The molecule has 0 aliphatic rings. The zero-order valence-electron chi connectivity index (χ0n) is 17.9. The van der Waals surface area contributed by atoms with Crippen LogP contribution in [0.4, 0.5) is 0 Å². The second kappa shape index (κ2) is 13.2. The normalized spacial score (nSPS) is 12.0. The van der Waals surface area contributed by atoms with E-state index in [1.165, 1.54) is 0 Å². The van der Waals surface area contributed by atoms with Crippen molar-refractivity contribution < 1.29 is 14.3 Å². The molecule has 0 amide bonds. The second-order valence-electron chi connectivity index (χ2n) is 6.70. The summed E-state index contributed by atoms with van der Waals surface area (Å²) in [4.78, 5) is 7.19. The van der Waals surface area contributed by atoms with Gasteiger partial charge in [0.15, 0.2) is 0 Å². The van der Waals surface area contributed by atoms with Crippen LogP contribution in [-0.2, 0) is 4.84 Å². The molecule has 27 heavy (non-hydrogen) atoms. The molecule has 1 rings (SSSR count). The van der Waals surface area contributed by atoms with Crippen molar-refractivity contribution in [3.05, 3.63) is 35.4 Å². The van der Waals surface area contributed by atoms with Crippen LogP contribution in [0, 0.1) is 13.8 Å². The fraction of sp³-hybridized carbons (Fsp3) is 0.591. The van der Waals surface area contributed by atoms with Gasteiger partial charge in [-0.3, -0.25) is 4.90 Å². The number of aryl methyl sites for hydroxylation is 2. The minimum Gasteiger partial charge on any atom is -0.493 e. The van der Waals surface area contributed by atoms with Crippen LogP contribution in [0.5, 0.6) is 11.5 Å². The van der Waals surface area contributed by atoms with Crippen molar-refractivity contribution in [3.63, 3.8) is 0 Å². The molecular formula is C22H36N2O3. The molecule has 0 unspecified atom stereocenters. The Morgan fingerprint density at radius 2 is 1.85 bits per heavy atom. The molecule has 0 spiro atoms. The van der Waals surface area contributed by atoms with Gasteiger partial charge in [0.1, 0.15) is 25.2 Å². The molecule has 1 aromatic carbocycles. The SMILES string of the molecule is C/C=C/COc1cc(C)c(OCCCCN(CC)C/C(C)=N/OC)c(C)c1. The van der Waals surface area contributed by atoms with Crippen molar-refractivity contribution >= 4 is 5.71 Å². The molecule has 0 N–H and O–H groups in total. The standard InChI is InChI=1S/C22H36N2O3/c1-7-9-13-26-21-15-18(3)22(19(4)16-21)27-14-11-10-12-24(8-2)17-20(5)23-25-6/h7,9,15-16H,8,10-14,17H2,1-6H3/b9-7+,23-20+. The first-order chi connectivity index (χ1) is 13.0. The van der Waals surface area contributed by atoms with Crippen molar-refractivity contribution in [1.29, 1.82) is 0 Å². The summed E-state index contributed by atoms with van der Waals surface area (Å²) in [5.74, 6) is 1.87. The van der Waals surface area contributed by atoms with E-state index in [0.29, 0.717) is 6.61 Å². The first-order valence-corrected chi connectivity index (χ1v) is 9.78. The number of nitrogens with zero attached hydrogens (tertiary/aromatic N) is 2. The molecule has 0 radical (unpaired) electrons. The Bertz CT molecular complexity index is 589. The van der Waals surface area contributed by atoms with E-state index in [2.05, 4.69) is 30.8 Å². The van der Waals surface area contributed by atoms with E-state index >= 15 is 0 Å².